The zero-order chi connectivity index (χ0) is 16.9. The summed E-state index contributed by atoms with van der Waals surface area (Å²) in [6, 6.07) is 13.5. The molecular formula is C18H16FN3O2. The van der Waals surface area contributed by atoms with Crippen LogP contribution < -0.4 is 0 Å². The van der Waals surface area contributed by atoms with E-state index < -0.39 is 5.97 Å². The predicted molar refractivity (Wildman–Crippen MR) is 86.9 cm³/mol. The van der Waals surface area contributed by atoms with E-state index in [9.17, 15) is 9.18 Å². The first-order chi connectivity index (χ1) is 11.7. The maximum atomic E-state index is 13.9. The van der Waals surface area contributed by atoms with Gasteiger partial charge >= 0.3 is 5.97 Å². The number of ether oxygens (including phenoxy) is 1. The molecule has 0 unspecified atom stereocenters. The van der Waals surface area contributed by atoms with Crippen LogP contribution in [-0.2, 0) is 11.3 Å². The highest BCUT2D eigenvalue weighted by Gasteiger charge is 2.18. The first kappa shape index (κ1) is 15.9. The Morgan fingerprint density at radius 1 is 1.21 bits per heavy atom. The van der Waals surface area contributed by atoms with Crippen molar-refractivity contribution < 1.29 is 13.9 Å². The van der Waals surface area contributed by atoms with Crippen LogP contribution in [0.15, 0.2) is 54.7 Å². The van der Waals surface area contributed by atoms with Gasteiger partial charge in [-0.25, -0.2) is 9.18 Å². The summed E-state index contributed by atoms with van der Waals surface area (Å²) >= 11 is 0. The molecule has 5 nitrogen and oxygen atoms in total. The van der Waals surface area contributed by atoms with E-state index in [4.69, 9.17) is 4.74 Å². The summed E-state index contributed by atoms with van der Waals surface area (Å²) in [5.41, 5.74) is 1.93. The average Bonchev–Trinajstić information content (AvgIpc) is 3.02. The van der Waals surface area contributed by atoms with Crippen LogP contribution in [0.3, 0.4) is 0 Å². The molecular weight excluding hydrogens is 309 g/mol. The van der Waals surface area contributed by atoms with Crippen LogP contribution in [0.1, 0.15) is 23.0 Å². The highest BCUT2D eigenvalue weighted by atomic mass is 19.1. The second kappa shape index (κ2) is 7.04. The minimum Gasteiger partial charge on any atom is -0.461 e. The lowest BCUT2D eigenvalue weighted by molar-refractivity contribution is 0.0518. The molecule has 6 heteroatoms. The molecule has 3 rings (SSSR count). The van der Waals surface area contributed by atoms with Gasteiger partial charge in [0.2, 0.25) is 0 Å². The Hall–Kier alpha value is -3.02. The minimum atomic E-state index is -0.512. The fourth-order valence-corrected chi connectivity index (χ4v) is 2.35. The monoisotopic (exact) mass is 325 g/mol. The number of hydrogen-bond donors (Lipinski definition) is 0. The Balaban J connectivity index is 2.03. The van der Waals surface area contributed by atoms with E-state index in [1.165, 1.54) is 6.07 Å². The highest BCUT2D eigenvalue weighted by molar-refractivity contribution is 5.88. The first-order valence-corrected chi connectivity index (χ1v) is 7.59. The number of halogens is 1. The van der Waals surface area contributed by atoms with Crippen LogP contribution in [0, 0.1) is 5.82 Å². The van der Waals surface area contributed by atoms with Crippen molar-refractivity contribution in [2.45, 2.75) is 13.5 Å². The second-order valence-corrected chi connectivity index (χ2v) is 5.10. The van der Waals surface area contributed by atoms with Crippen molar-refractivity contribution in [3.63, 3.8) is 0 Å². The van der Waals surface area contributed by atoms with E-state index in [1.807, 2.05) is 12.1 Å². The van der Waals surface area contributed by atoms with Gasteiger partial charge in [-0.15, -0.1) is 0 Å². The predicted octanol–water partition coefficient (Wildman–Crippen LogP) is 3.31. The average molecular weight is 325 g/mol. The topological polar surface area (TPSA) is 57.0 Å². The van der Waals surface area contributed by atoms with Gasteiger partial charge in [0.1, 0.15) is 5.82 Å². The molecule has 2 aromatic heterocycles. The van der Waals surface area contributed by atoms with Crippen LogP contribution in [-0.4, -0.2) is 27.3 Å². The Labute approximate surface area is 138 Å². The third kappa shape index (κ3) is 3.32. The lowest BCUT2D eigenvalue weighted by atomic mass is 10.2. The Morgan fingerprint density at radius 2 is 2.00 bits per heavy atom. The summed E-state index contributed by atoms with van der Waals surface area (Å²) < 4.78 is 20.5. The van der Waals surface area contributed by atoms with E-state index in [2.05, 4.69) is 10.1 Å². The number of aromatic nitrogens is 3. The standard InChI is InChI=1S/C18H16FN3O2/c1-2-24-18(23)16-11-17(15-9-5-6-10-20-15)22(21-16)12-13-7-3-4-8-14(13)19/h3-11H,2,12H2,1H3. The quantitative estimate of drug-likeness (QED) is 0.675. The van der Waals surface area contributed by atoms with Crippen LogP contribution in [0.25, 0.3) is 11.4 Å². The maximum Gasteiger partial charge on any atom is 0.358 e. The lowest BCUT2D eigenvalue weighted by Crippen LogP contribution is -2.09. The van der Waals surface area contributed by atoms with Crippen molar-refractivity contribution >= 4 is 5.97 Å². The number of nitrogens with zero attached hydrogens (tertiary/aromatic N) is 3. The van der Waals surface area contributed by atoms with Gasteiger partial charge in [-0.3, -0.25) is 9.67 Å². The van der Waals surface area contributed by atoms with Crippen LogP contribution in [0.5, 0.6) is 0 Å². The fourth-order valence-electron chi connectivity index (χ4n) is 2.35. The largest absolute Gasteiger partial charge is 0.461 e. The summed E-state index contributed by atoms with van der Waals surface area (Å²) in [4.78, 5) is 16.3. The molecule has 0 aliphatic carbocycles. The molecule has 122 valence electrons. The minimum absolute atomic E-state index is 0.175. The molecule has 0 bridgehead atoms. The molecule has 0 amide bonds. The van der Waals surface area contributed by atoms with Crippen LogP contribution in [0.2, 0.25) is 0 Å². The second-order valence-electron chi connectivity index (χ2n) is 5.10. The number of benzene rings is 1. The SMILES string of the molecule is CCOC(=O)c1cc(-c2ccccn2)n(Cc2ccccc2F)n1. The van der Waals surface area contributed by atoms with Gasteiger partial charge in [-0.2, -0.15) is 5.10 Å². The molecule has 0 fully saturated rings. The zero-order valence-corrected chi connectivity index (χ0v) is 13.1. The van der Waals surface area contributed by atoms with Gasteiger partial charge in [0.25, 0.3) is 0 Å². The van der Waals surface area contributed by atoms with Gasteiger partial charge in [-0.1, -0.05) is 24.3 Å². The molecule has 0 saturated carbocycles. The van der Waals surface area contributed by atoms with Crippen LogP contribution in [0.4, 0.5) is 4.39 Å². The molecule has 0 spiro atoms. The Morgan fingerprint density at radius 3 is 2.71 bits per heavy atom. The summed E-state index contributed by atoms with van der Waals surface area (Å²) in [6.45, 7) is 2.18. The number of hydrogen-bond acceptors (Lipinski definition) is 4. The van der Waals surface area contributed by atoms with E-state index in [0.717, 1.165) is 0 Å². The summed E-state index contributed by atoms with van der Waals surface area (Å²) in [6.07, 6.45) is 1.65. The van der Waals surface area contributed by atoms with Crippen LogP contribution >= 0.6 is 0 Å². The maximum absolute atomic E-state index is 13.9. The number of carbonyl (C=O) groups is 1. The zero-order valence-electron chi connectivity index (χ0n) is 13.1. The molecule has 0 atom stereocenters. The first-order valence-electron chi connectivity index (χ1n) is 7.59. The van der Waals surface area contributed by atoms with Crippen molar-refractivity contribution in [3.05, 3.63) is 71.8 Å². The highest BCUT2D eigenvalue weighted by Crippen LogP contribution is 2.20. The Kier molecular flexibility index (Phi) is 4.65. The van der Waals surface area contributed by atoms with Gasteiger partial charge < -0.3 is 4.74 Å². The van der Waals surface area contributed by atoms with Gasteiger partial charge in [0, 0.05) is 17.8 Å². The van der Waals surface area contributed by atoms with Crippen molar-refractivity contribution in [2.24, 2.45) is 0 Å². The summed E-state index contributed by atoms with van der Waals surface area (Å²) in [5.74, 6) is -0.834. The summed E-state index contributed by atoms with van der Waals surface area (Å²) in [5, 5.41) is 4.28. The number of esters is 1. The van der Waals surface area contributed by atoms with E-state index in [1.54, 1.807) is 48.1 Å². The normalized spacial score (nSPS) is 10.6. The Bertz CT molecular complexity index is 846. The molecule has 2 heterocycles. The van der Waals surface area contributed by atoms with E-state index >= 15 is 0 Å². The third-order valence-electron chi connectivity index (χ3n) is 3.47. The van der Waals surface area contributed by atoms with E-state index in [-0.39, 0.29) is 24.7 Å². The molecule has 0 aliphatic heterocycles. The fraction of sp³-hybridized carbons (Fsp3) is 0.167. The molecule has 3 aromatic rings. The van der Waals surface area contributed by atoms with Crippen molar-refractivity contribution in [1.82, 2.24) is 14.8 Å². The van der Waals surface area contributed by atoms with Gasteiger partial charge in [0.05, 0.1) is 24.5 Å². The van der Waals surface area contributed by atoms with Gasteiger partial charge in [0.15, 0.2) is 5.69 Å². The molecule has 1 aromatic carbocycles. The molecule has 0 N–H and O–H groups in total. The molecule has 0 saturated heterocycles. The number of rotatable bonds is 5. The third-order valence-corrected chi connectivity index (χ3v) is 3.47. The summed E-state index contributed by atoms with van der Waals surface area (Å²) in [7, 11) is 0. The lowest BCUT2D eigenvalue weighted by Gasteiger charge is -2.07. The number of carbonyl (C=O) groups excluding carboxylic acids is 1. The smallest absolute Gasteiger partial charge is 0.358 e. The molecule has 24 heavy (non-hydrogen) atoms. The van der Waals surface area contributed by atoms with Crippen molar-refractivity contribution in [2.75, 3.05) is 6.61 Å². The van der Waals surface area contributed by atoms with Gasteiger partial charge in [-0.05, 0) is 25.1 Å². The molecule has 0 aliphatic rings. The van der Waals surface area contributed by atoms with Crippen molar-refractivity contribution in [3.8, 4) is 11.4 Å². The number of pyridine rings is 1. The van der Waals surface area contributed by atoms with E-state index in [0.29, 0.717) is 17.0 Å². The van der Waals surface area contributed by atoms with Crippen molar-refractivity contribution in [1.29, 1.82) is 0 Å². The molecule has 0 radical (unpaired) electrons.